The van der Waals surface area contributed by atoms with Gasteiger partial charge in [-0.05, 0) is 65.7 Å². The molecule has 1 unspecified atom stereocenters. The van der Waals surface area contributed by atoms with Crippen molar-refractivity contribution in [2.75, 3.05) is 26.7 Å². The summed E-state index contributed by atoms with van der Waals surface area (Å²) in [6, 6.07) is 15.0. The highest BCUT2D eigenvalue weighted by Crippen LogP contribution is 2.38. The number of rotatable bonds is 7. The molecule has 1 aliphatic rings. The third kappa shape index (κ3) is 4.93. The van der Waals surface area contributed by atoms with Crippen LogP contribution in [0.4, 0.5) is 4.39 Å². The predicted molar refractivity (Wildman–Crippen MR) is 127 cm³/mol. The summed E-state index contributed by atoms with van der Waals surface area (Å²) in [6.07, 6.45) is 1.51. The second-order valence-corrected chi connectivity index (χ2v) is 9.05. The number of nitrogens with zero attached hydrogens (tertiary/aromatic N) is 2. The van der Waals surface area contributed by atoms with Crippen molar-refractivity contribution in [3.8, 4) is 5.75 Å². The number of carbonyl (C=O) groups excluding carboxylic acids is 2. The van der Waals surface area contributed by atoms with E-state index in [1.54, 1.807) is 59.7 Å². The lowest BCUT2D eigenvalue weighted by Gasteiger charge is -2.37. The molecular weight excluding hydrogens is 439 g/mol. The molecule has 0 N–H and O–H groups in total. The van der Waals surface area contributed by atoms with Gasteiger partial charge in [0.1, 0.15) is 18.1 Å². The molecule has 1 aromatic heterocycles. The van der Waals surface area contributed by atoms with Gasteiger partial charge in [0.15, 0.2) is 0 Å². The van der Waals surface area contributed by atoms with Crippen molar-refractivity contribution in [3.05, 3.63) is 87.4 Å². The minimum Gasteiger partial charge on any atom is -0.497 e. The molecular formula is C26H27FN2O3S. The van der Waals surface area contributed by atoms with Gasteiger partial charge in [0.25, 0.3) is 5.91 Å². The summed E-state index contributed by atoms with van der Waals surface area (Å²) in [5.41, 5.74) is 2.43. The normalized spacial score (nSPS) is 15.1. The van der Waals surface area contributed by atoms with E-state index in [4.69, 9.17) is 4.74 Å². The van der Waals surface area contributed by atoms with Crippen molar-refractivity contribution in [1.82, 2.24) is 9.80 Å². The van der Waals surface area contributed by atoms with Gasteiger partial charge in [0.2, 0.25) is 5.91 Å². The van der Waals surface area contributed by atoms with Crippen LogP contribution in [0.5, 0.6) is 5.75 Å². The summed E-state index contributed by atoms with van der Waals surface area (Å²) < 4.78 is 18.8. The molecule has 3 aromatic rings. The molecule has 0 bridgehead atoms. The molecule has 4 rings (SSSR count). The summed E-state index contributed by atoms with van der Waals surface area (Å²) in [7, 11) is 1.56. The van der Waals surface area contributed by atoms with Gasteiger partial charge in [-0.1, -0.05) is 25.1 Å². The van der Waals surface area contributed by atoms with E-state index in [0.29, 0.717) is 24.4 Å². The topological polar surface area (TPSA) is 49.9 Å². The Balaban J connectivity index is 1.60. The number of benzene rings is 2. The second-order valence-electron chi connectivity index (χ2n) is 8.05. The van der Waals surface area contributed by atoms with Crippen LogP contribution in [0.3, 0.4) is 0 Å². The Bertz CT molecular complexity index is 1130. The first-order chi connectivity index (χ1) is 16.0. The van der Waals surface area contributed by atoms with Gasteiger partial charge in [-0.3, -0.25) is 9.59 Å². The van der Waals surface area contributed by atoms with E-state index in [2.05, 4.69) is 0 Å². The van der Waals surface area contributed by atoms with Crippen molar-refractivity contribution in [2.45, 2.75) is 25.8 Å². The fourth-order valence-electron chi connectivity index (χ4n) is 4.30. The van der Waals surface area contributed by atoms with Gasteiger partial charge < -0.3 is 14.5 Å². The standard InChI is InChI=1S/C26H27FN2O3S/c1-3-13-28(26(31)19-5-4-6-21(16-19)32-2)17-24(30)29-14-11-23-22(12-15-33-23)25(29)18-7-9-20(27)10-8-18/h4-10,12,15-16,25H,3,11,13-14,17H2,1-2H3. The fourth-order valence-corrected chi connectivity index (χ4v) is 5.21. The van der Waals surface area contributed by atoms with Gasteiger partial charge >= 0.3 is 0 Å². The van der Waals surface area contributed by atoms with Gasteiger partial charge in [-0.15, -0.1) is 11.3 Å². The zero-order valence-corrected chi connectivity index (χ0v) is 19.6. The van der Waals surface area contributed by atoms with Gasteiger partial charge in [-0.25, -0.2) is 4.39 Å². The molecule has 1 aliphatic heterocycles. The summed E-state index contributed by atoms with van der Waals surface area (Å²) >= 11 is 1.68. The van der Waals surface area contributed by atoms with Crippen LogP contribution in [0, 0.1) is 5.82 Å². The lowest BCUT2D eigenvalue weighted by molar-refractivity contribution is -0.134. The van der Waals surface area contributed by atoms with E-state index in [-0.39, 0.29) is 30.2 Å². The van der Waals surface area contributed by atoms with Crippen molar-refractivity contribution in [2.24, 2.45) is 0 Å². The Labute approximate surface area is 197 Å². The van der Waals surface area contributed by atoms with Gasteiger partial charge in [0, 0.05) is 23.5 Å². The highest BCUT2D eigenvalue weighted by molar-refractivity contribution is 7.10. The molecule has 5 nitrogen and oxygen atoms in total. The average Bonchev–Trinajstić information content (AvgIpc) is 3.32. The molecule has 172 valence electrons. The first-order valence-electron chi connectivity index (χ1n) is 11.1. The Morgan fingerprint density at radius 2 is 1.97 bits per heavy atom. The number of amides is 2. The van der Waals surface area contributed by atoms with Crippen LogP contribution in [0.1, 0.15) is 45.7 Å². The van der Waals surface area contributed by atoms with Crippen LogP contribution in [0.2, 0.25) is 0 Å². The molecule has 0 aliphatic carbocycles. The van der Waals surface area contributed by atoms with Crippen LogP contribution in [0.15, 0.2) is 60.0 Å². The number of halogens is 1. The largest absolute Gasteiger partial charge is 0.497 e. The van der Waals surface area contributed by atoms with Crippen LogP contribution in [-0.2, 0) is 11.2 Å². The predicted octanol–water partition coefficient (Wildman–Crippen LogP) is 4.92. The first kappa shape index (κ1) is 23.0. The minimum atomic E-state index is -0.309. The SMILES string of the molecule is CCCN(CC(=O)N1CCc2sccc2C1c1ccc(F)cc1)C(=O)c1cccc(OC)c1. The molecule has 0 spiro atoms. The maximum atomic E-state index is 13.6. The van der Waals surface area contributed by atoms with Crippen LogP contribution in [-0.4, -0.2) is 48.4 Å². The molecule has 2 aromatic carbocycles. The third-order valence-electron chi connectivity index (χ3n) is 5.90. The smallest absolute Gasteiger partial charge is 0.254 e. The number of ether oxygens (including phenoxy) is 1. The highest BCUT2D eigenvalue weighted by Gasteiger charge is 2.34. The lowest BCUT2D eigenvalue weighted by Crippen LogP contribution is -2.47. The van der Waals surface area contributed by atoms with E-state index in [0.717, 1.165) is 24.0 Å². The maximum absolute atomic E-state index is 13.6. The summed E-state index contributed by atoms with van der Waals surface area (Å²) in [5, 5.41) is 2.03. The van der Waals surface area contributed by atoms with Gasteiger partial charge in [0.05, 0.1) is 13.2 Å². The van der Waals surface area contributed by atoms with E-state index < -0.39 is 0 Å². The van der Waals surface area contributed by atoms with Crippen LogP contribution < -0.4 is 4.74 Å². The number of carbonyl (C=O) groups is 2. The van der Waals surface area contributed by atoms with Crippen molar-refractivity contribution >= 4 is 23.2 Å². The van der Waals surface area contributed by atoms with Gasteiger partial charge in [-0.2, -0.15) is 0 Å². The highest BCUT2D eigenvalue weighted by atomic mass is 32.1. The molecule has 0 saturated heterocycles. The number of hydrogen-bond acceptors (Lipinski definition) is 4. The third-order valence-corrected chi connectivity index (χ3v) is 6.89. The number of fused-ring (bicyclic) bond motifs is 1. The van der Waals surface area contributed by atoms with E-state index >= 15 is 0 Å². The Morgan fingerprint density at radius 3 is 2.70 bits per heavy atom. The lowest BCUT2D eigenvalue weighted by atomic mass is 9.93. The first-order valence-corrected chi connectivity index (χ1v) is 11.9. The Morgan fingerprint density at radius 1 is 1.18 bits per heavy atom. The minimum absolute atomic E-state index is 0.0128. The summed E-state index contributed by atoms with van der Waals surface area (Å²) in [6.45, 7) is 3.00. The zero-order valence-electron chi connectivity index (χ0n) is 18.8. The molecule has 33 heavy (non-hydrogen) atoms. The van der Waals surface area contributed by atoms with E-state index in [1.807, 2.05) is 23.3 Å². The summed E-state index contributed by atoms with van der Waals surface area (Å²) in [4.78, 5) is 31.5. The van der Waals surface area contributed by atoms with E-state index in [1.165, 1.54) is 17.0 Å². The number of thiophene rings is 1. The fraction of sp³-hybridized carbons (Fsp3) is 0.308. The van der Waals surface area contributed by atoms with Crippen LogP contribution in [0.25, 0.3) is 0 Å². The zero-order chi connectivity index (χ0) is 23.4. The Hall–Kier alpha value is -3.19. The molecule has 0 fully saturated rings. The molecule has 2 amide bonds. The van der Waals surface area contributed by atoms with Crippen molar-refractivity contribution < 1.29 is 18.7 Å². The quantitative estimate of drug-likeness (QED) is 0.497. The molecule has 2 heterocycles. The van der Waals surface area contributed by atoms with E-state index in [9.17, 15) is 14.0 Å². The van der Waals surface area contributed by atoms with Crippen molar-refractivity contribution in [1.29, 1.82) is 0 Å². The van der Waals surface area contributed by atoms with Crippen molar-refractivity contribution in [3.63, 3.8) is 0 Å². The molecule has 0 saturated carbocycles. The average molecular weight is 467 g/mol. The number of hydrogen-bond donors (Lipinski definition) is 0. The molecule has 0 radical (unpaired) electrons. The molecule has 1 atom stereocenters. The molecule has 7 heteroatoms. The van der Waals surface area contributed by atoms with Crippen LogP contribution >= 0.6 is 11.3 Å². The number of methoxy groups -OCH3 is 1. The maximum Gasteiger partial charge on any atom is 0.254 e. The second kappa shape index (κ2) is 10.2. The monoisotopic (exact) mass is 466 g/mol. The summed E-state index contributed by atoms with van der Waals surface area (Å²) in [5.74, 6) is -0.0291. The Kier molecular flexibility index (Phi) is 7.08.